The molecule has 0 spiro atoms. The fraction of sp³-hybridized carbons (Fsp3) is 0.105. The number of hydrogen-bond acceptors (Lipinski definition) is 6. The zero-order valence-corrected chi connectivity index (χ0v) is 15.9. The maximum absolute atomic E-state index is 11.2. The lowest BCUT2D eigenvalue weighted by Crippen LogP contribution is -2.04. The first kappa shape index (κ1) is 16.7. The van der Waals surface area contributed by atoms with Crippen molar-refractivity contribution < 1.29 is 4.79 Å². The highest BCUT2D eigenvalue weighted by molar-refractivity contribution is 7.20. The Morgan fingerprint density at radius 3 is 2.69 bits per heavy atom. The molecule has 2 N–H and O–H groups in total. The van der Waals surface area contributed by atoms with Crippen LogP contribution in [0.2, 0.25) is 0 Å². The molecule has 0 fully saturated rings. The predicted octanol–water partition coefficient (Wildman–Crippen LogP) is 5.43. The molecule has 0 radical (unpaired) electrons. The highest BCUT2D eigenvalue weighted by Crippen LogP contribution is 2.36. The quantitative estimate of drug-likeness (QED) is 0.495. The van der Waals surface area contributed by atoms with Gasteiger partial charge in [0.1, 0.15) is 0 Å². The number of benzene rings is 2. The van der Waals surface area contributed by atoms with E-state index in [0.29, 0.717) is 5.13 Å². The van der Waals surface area contributed by atoms with Crippen molar-refractivity contribution in [1.82, 2.24) is 9.97 Å². The summed E-state index contributed by atoms with van der Waals surface area (Å²) in [5, 5.41) is 11.9. The van der Waals surface area contributed by atoms with Gasteiger partial charge >= 0.3 is 0 Å². The Bertz CT molecular complexity index is 1090. The zero-order valence-electron chi connectivity index (χ0n) is 14.2. The summed E-state index contributed by atoms with van der Waals surface area (Å²) in [7, 11) is 0. The van der Waals surface area contributed by atoms with Crippen molar-refractivity contribution in [2.24, 2.45) is 0 Å². The molecule has 0 saturated carbocycles. The molecule has 2 heterocycles. The third-order valence-corrected chi connectivity index (χ3v) is 5.70. The van der Waals surface area contributed by atoms with Gasteiger partial charge in [0.05, 0.1) is 16.3 Å². The lowest BCUT2D eigenvalue weighted by molar-refractivity contribution is -0.114. The number of nitrogens with one attached hydrogen (secondary N) is 2. The van der Waals surface area contributed by atoms with Crippen LogP contribution in [0.3, 0.4) is 0 Å². The van der Waals surface area contributed by atoms with Crippen molar-refractivity contribution in [3.8, 4) is 10.6 Å². The summed E-state index contributed by atoms with van der Waals surface area (Å²) in [4.78, 5) is 21.3. The molecule has 0 bridgehead atoms. The summed E-state index contributed by atoms with van der Waals surface area (Å²) < 4.78 is 0. The van der Waals surface area contributed by atoms with E-state index in [-0.39, 0.29) is 5.91 Å². The molecule has 0 aliphatic rings. The van der Waals surface area contributed by atoms with Gasteiger partial charge in [-0.15, -0.1) is 11.3 Å². The van der Waals surface area contributed by atoms with E-state index < -0.39 is 0 Å². The molecule has 1 amide bonds. The molecule has 0 saturated heterocycles. The molecule has 4 aromatic rings. The van der Waals surface area contributed by atoms with Crippen LogP contribution >= 0.6 is 22.7 Å². The first-order valence-electron chi connectivity index (χ1n) is 8.06. The minimum Gasteiger partial charge on any atom is -0.331 e. The average Bonchev–Trinajstić information content (AvgIpc) is 3.21. The Kier molecular flexibility index (Phi) is 4.40. The molecule has 5 nitrogen and oxygen atoms in total. The molecular weight excluding hydrogens is 364 g/mol. The van der Waals surface area contributed by atoms with E-state index in [1.807, 2.05) is 30.5 Å². The molecular formula is C19H16N4OS2. The lowest BCUT2D eigenvalue weighted by Gasteiger charge is -2.06. The molecule has 2 aromatic carbocycles. The van der Waals surface area contributed by atoms with Gasteiger partial charge in [-0.2, -0.15) is 0 Å². The predicted molar refractivity (Wildman–Crippen MR) is 109 cm³/mol. The molecule has 0 atom stereocenters. The lowest BCUT2D eigenvalue weighted by atomic mass is 10.1. The Hall–Kier alpha value is -2.77. The largest absolute Gasteiger partial charge is 0.331 e. The van der Waals surface area contributed by atoms with Gasteiger partial charge in [-0.25, -0.2) is 9.97 Å². The van der Waals surface area contributed by atoms with E-state index in [0.717, 1.165) is 32.5 Å². The van der Waals surface area contributed by atoms with Crippen LogP contribution in [-0.2, 0) is 4.79 Å². The number of amides is 1. The van der Waals surface area contributed by atoms with E-state index >= 15 is 0 Å². The van der Waals surface area contributed by atoms with Crippen LogP contribution < -0.4 is 10.6 Å². The minimum absolute atomic E-state index is 0.123. The number of aromatic nitrogens is 2. The molecule has 2 aromatic heterocycles. The number of hydrogen-bond donors (Lipinski definition) is 2. The summed E-state index contributed by atoms with van der Waals surface area (Å²) in [6.07, 6.45) is 0. The van der Waals surface area contributed by atoms with Crippen LogP contribution in [0.5, 0.6) is 0 Å². The Labute approximate surface area is 158 Å². The van der Waals surface area contributed by atoms with Gasteiger partial charge in [0.2, 0.25) is 5.91 Å². The first-order valence-corrected chi connectivity index (χ1v) is 9.75. The zero-order chi connectivity index (χ0) is 18.1. The maximum atomic E-state index is 11.2. The van der Waals surface area contributed by atoms with Crippen LogP contribution in [-0.4, -0.2) is 15.9 Å². The monoisotopic (exact) mass is 380 g/mol. The molecule has 0 aliphatic carbocycles. The van der Waals surface area contributed by atoms with Crippen LogP contribution in [0.25, 0.3) is 21.3 Å². The standard InChI is InChI=1S/C19H16N4OS2/c1-11-17(26-19(20-11)21-12(2)24)16-10-25-18(23-16)22-15-9-5-7-13-6-3-4-8-14(13)15/h3-10H,1-2H3,(H,22,23)(H,20,21,24). The van der Waals surface area contributed by atoms with Crippen LogP contribution in [0.4, 0.5) is 16.0 Å². The summed E-state index contributed by atoms with van der Waals surface area (Å²) in [5.41, 5.74) is 2.76. The maximum Gasteiger partial charge on any atom is 0.223 e. The SMILES string of the molecule is CC(=O)Nc1nc(C)c(-c2csc(Nc3cccc4ccccc34)n2)s1. The van der Waals surface area contributed by atoms with E-state index in [1.165, 1.54) is 23.6 Å². The number of anilines is 3. The van der Waals surface area contributed by atoms with E-state index in [9.17, 15) is 4.79 Å². The van der Waals surface area contributed by atoms with Crippen LogP contribution in [0, 0.1) is 6.92 Å². The van der Waals surface area contributed by atoms with Gasteiger partial charge < -0.3 is 10.6 Å². The highest BCUT2D eigenvalue weighted by Gasteiger charge is 2.14. The number of rotatable bonds is 4. The number of fused-ring (bicyclic) bond motifs is 1. The van der Waals surface area contributed by atoms with Gasteiger partial charge in [-0.1, -0.05) is 47.7 Å². The first-order chi connectivity index (χ1) is 12.6. The molecule has 130 valence electrons. The van der Waals surface area contributed by atoms with Crippen LogP contribution in [0.1, 0.15) is 12.6 Å². The van der Waals surface area contributed by atoms with Gasteiger partial charge in [0, 0.05) is 23.4 Å². The smallest absolute Gasteiger partial charge is 0.223 e. The number of nitrogens with zero attached hydrogens (tertiary/aromatic N) is 2. The number of thiazole rings is 2. The minimum atomic E-state index is -0.123. The summed E-state index contributed by atoms with van der Waals surface area (Å²) >= 11 is 2.99. The van der Waals surface area contributed by atoms with Crippen molar-refractivity contribution in [3.05, 3.63) is 53.5 Å². The number of aryl methyl sites for hydroxylation is 1. The Morgan fingerprint density at radius 1 is 1.04 bits per heavy atom. The second-order valence-corrected chi connectivity index (χ2v) is 7.66. The average molecular weight is 380 g/mol. The van der Waals surface area contributed by atoms with Crippen molar-refractivity contribution in [1.29, 1.82) is 0 Å². The topological polar surface area (TPSA) is 66.9 Å². The third kappa shape index (κ3) is 3.31. The van der Waals surface area contributed by atoms with Crippen molar-refractivity contribution >= 4 is 55.3 Å². The Morgan fingerprint density at radius 2 is 1.85 bits per heavy atom. The summed E-state index contributed by atoms with van der Waals surface area (Å²) in [5.74, 6) is -0.123. The number of carbonyl (C=O) groups is 1. The van der Waals surface area contributed by atoms with E-state index in [4.69, 9.17) is 4.98 Å². The molecule has 0 aliphatic heterocycles. The summed E-state index contributed by atoms with van der Waals surface area (Å²) in [6, 6.07) is 14.4. The van der Waals surface area contributed by atoms with E-state index in [2.05, 4.69) is 39.9 Å². The number of carbonyl (C=O) groups excluding carboxylic acids is 1. The van der Waals surface area contributed by atoms with Crippen molar-refractivity contribution in [3.63, 3.8) is 0 Å². The second-order valence-electron chi connectivity index (χ2n) is 5.80. The van der Waals surface area contributed by atoms with E-state index in [1.54, 1.807) is 11.3 Å². The fourth-order valence-electron chi connectivity index (χ4n) is 2.72. The molecule has 7 heteroatoms. The van der Waals surface area contributed by atoms with Gasteiger partial charge in [-0.05, 0) is 18.4 Å². The molecule has 0 unspecified atom stereocenters. The fourth-order valence-corrected chi connectivity index (χ4v) is 4.48. The summed E-state index contributed by atoms with van der Waals surface area (Å²) in [6.45, 7) is 3.40. The molecule has 4 rings (SSSR count). The third-order valence-electron chi connectivity index (χ3n) is 3.85. The molecule has 26 heavy (non-hydrogen) atoms. The highest BCUT2D eigenvalue weighted by atomic mass is 32.1. The van der Waals surface area contributed by atoms with Gasteiger partial charge in [0.25, 0.3) is 0 Å². The Balaban J connectivity index is 1.62. The van der Waals surface area contributed by atoms with Gasteiger partial charge in [-0.3, -0.25) is 4.79 Å². The van der Waals surface area contributed by atoms with Crippen molar-refractivity contribution in [2.45, 2.75) is 13.8 Å². The van der Waals surface area contributed by atoms with Gasteiger partial charge in [0.15, 0.2) is 10.3 Å². The second kappa shape index (κ2) is 6.86. The van der Waals surface area contributed by atoms with Crippen molar-refractivity contribution in [2.75, 3.05) is 10.6 Å². The van der Waals surface area contributed by atoms with Crippen LogP contribution in [0.15, 0.2) is 47.8 Å². The normalized spacial score (nSPS) is 10.8.